The summed E-state index contributed by atoms with van der Waals surface area (Å²) >= 11 is 0. The molecule has 1 aromatic carbocycles. The Labute approximate surface area is 240 Å². The van der Waals surface area contributed by atoms with Gasteiger partial charge in [-0.25, -0.2) is 4.79 Å². The molecule has 1 heterocycles. The van der Waals surface area contributed by atoms with Crippen molar-refractivity contribution in [3.8, 4) is 0 Å². The topological polar surface area (TPSA) is 231 Å². The standard InChI is InChI=1S/C28H44N8O5/c1-15(2)12-22(27(40)41)35-25(38)21(13-17-14-33-20-10-6-5-8-18(17)20)34-26(39)23(16(3)4)36-24(37)19(29)9-7-11-32-28(30)31/h5-6,8,10,14-16,19,21-23,33H,7,9,11-13,29H2,1-4H3,(H,34,39)(H,35,38)(H,36,37)(H,40,41)(H4,30,31,32). The van der Waals surface area contributed by atoms with Crippen LogP contribution in [-0.2, 0) is 25.6 Å². The lowest BCUT2D eigenvalue weighted by Crippen LogP contribution is -2.59. The molecule has 2 rings (SSSR count). The van der Waals surface area contributed by atoms with Gasteiger partial charge in [0.05, 0.1) is 6.04 Å². The normalized spacial score (nSPS) is 14.2. The number of guanidine groups is 1. The highest BCUT2D eigenvalue weighted by Gasteiger charge is 2.32. The summed E-state index contributed by atoms with van der Waals surface area (Å²) in [6.07, 6.45) is 2.84. The van der Waals surface area contributed by atoms with E-state index in [1.54, 1.807) is 20.0 Å². The van der Waals surface area contributed by atoms with Crippen LogP contribution in [0.2, 0.25) is 0 Å². The maximum atomic E-state index is 13.5. The van der Waals surface area contributed by atoms with Gasteiger partial charge >= 0.3 is 5.97 Å². The Hall–Kier alpha value is -4.13. The number of fused-ring (bicyclic) bond motifs is 1. The summed E-state index contributed by atoms with van der Waals surface area (Å²) in [5.41, 5.74) is 18.3. The van der Waals surface area contributed by atoms with Crippen molar-refractivity contribution in [1.29, 1.82) is 0 Å². The third-order valence-corrected chi connectivity index (χ3v) is 6.60. The van der Waals surface area contributed by atoms with Gasteiger partial charge in [-0.2, -0.15) is 0 Å². The van der Waals surface area contributed by atoms with Crippen LogP contribution >= 0.6 is 0 Å². The number of aromatic amines is 1. The van der Waals surface area contributed by atoms with E-state index in [0.717, 1.165) is 16.5 Å². The first-order valence-electron chi connectivity index (χ1n) is 13.8. The van der Waals surface area contributed by atoms with Gasteiger partial charge in [0.2, 0.25) is 17.7 Å². The van der Waals surface area contributed by atoms with E-state index in [2.05, 4.69) is 25.9 Å². The second kappa shape index (κ2) is 15.6. The molecule has 0 saturated heterocycles. The van der Waals surface area contributed by atoms with Gasteiger partial charge in [-0.15, -0.1) is 0 Å². The first-order chi connectivity index (χ1) is 19.3. The Morgan fingerprint density at radius 3 is 2.22 bits per heavy atom. The maximum Gasteiger partial charge on any atom is 0.326 e. The number of aliphatic carboxylic acids is 1. The number of nitrogens with zero attached hydrogens (tertiary/aromatic N) is 1. The van der Waals surface area contributed by atoms with Gasteiger partial charge in [0.15, 0.2) is 5.96 Å². The van der Waals surface area contributed by atoms with Crippen LogP contribution in [0.15, 0.2) is 35.5 Å². The van der Waals surface area contributed by atoms with E-state index in [4.69, 9.17) is 17.2 Å². The SMILES string of the molecule is CC(C)CC(NC(=O)C(Cc1c[nH]c2ccccc12)NC(=O)C(NC(=O)C(N)CCCN=C(N)N)C(C)C)C(=O)O. The zero-order chi connectivity index (χ0) is 30.7. The molecular formula is C28H44N8O5. The summed E-state index contributed by atoms with van der Waals surface area (Å²) in [5.74, 6) is -3.28. The van der Waals surface area contributed by atoms with Gasteiger partial charge in [-0.1, -0.05) is 45.9 Å². The second-order valence-corrected chi connectivity index (χ2v) is 10.9. The fourth-order valence-corrected chi connectivity index (χ4v) is 4.40. The van der Waals surface area contributed by atoms with Gasteiger partial charge in [0.25, 0.3) is 0 Å². The zero-order valence-corrected chi connectivity index (χ0v) is 24.1. The van der Waals surface area contributed by atoms with Crippen molar-refractivity contribution in [2.75, 3.05) is 6.54 Å². The zero-order valence-electron chi connectivity index (χ0n) is 24.1. The highest BCUT2D eigenvalue weighted by molar-refractivity contribution is 5.95. The molecule has 0 spiro atoms. The molecule has 4 unspecified atom stereocenters. The van der Waals surface area contributed by atoms with Crippen molar-refractivity contribution in [3.05, 3.63) is 36.0 Å². The number of carbonyl (C=O) groups is 4. The molecule has 0 aliphatic carbocycles. The fourth-order valence-electron chi connectivity index (χ4n) is 4.40. The number of amides is 3. The number of benzene rings is 1. The Morgan fingerprint density at radius 1 is 0.951 bits per heavy atom. The van der Waals surface area contributed by atoms with Gasteiger partial charge in [0, 0.05) is 30.1 Å². The van der Waals surface area contributed by atoms with E-state index in [1.807, 2.05) is 38.1 Å². The first-order valence-corrected chi connectivity index (χ1v) is 13.8. The summed E-state index contributed by atoms with van der Waals surface area (Å²) in [5, 5.41) is 18.6. The number of nitrogens with one attached hydrogen (secondary N) is 4. The summed E-state index contributed by atoms with van der Waals surface area (Å²) < 4.78 is 0. The van der Waals surface area contributed by atoms with Crippen molar-refractivity contribution in [2.45, 2.75) is 77.5 Å². The van der Waals surface area contributed by atoms with Crippen LogP contribution in [0, 0.1) is 11.8 Å². The van der Waals surface area contributed by atoms with Gasteiger partial charge in [0.1, 0.15) is 18.1 Å². The van der Waals surface area contributed by atoms with Crippen molar-refractivity contribution in [1.82, 2.24) is 20.9 Å². The smallest absolute Gasteiger partial charge is 0.326 e. The van der Waals surface area contributed by atoms with Crippen molar-refractivity contribution < 1.29 is 24.3 Å². The number of carbonyl (C=O) groups excluding carboxylic acids is 3. The predicted molar refractivity (Wildman–Crippen MR) is 158 cm³/mol. The van der Waals surface area contributed by atoms with E-state index >= 15 is 0 Å². The Bertz CT molecular complexity index is 1220. The number of hydrogen-bond acceptors (Lipinski definition) is 6. The number of aliphatic imine (C=N–C) groups is 1. The summed E-state index contributed by atoms with van der Waals surface area (Å²) in [7, 11) is 0. The van der Waals surface area contributed by atoms with Crippen molar-refractivity contribution >= 4 is 40.6 Å². The molecule has 41 heavy (non-hydrogen) atoms. The second-order valence-electron chi connectivity index (χ2n) is 10.9. The molecule has 1 aromatic heterocycles. The van der Waals surface area contributed by atoms with E-state index in [0.29, 0.717) is 19.4 Å². The van der Waals surface area contributed by atoms with E-state index in [1.165, 1.54) is 0 Å². The van der Waals surface area contributed by atoms with E-state index in [-0.39, 0.29) is 30.6 Å². The molecule has 0 aliphatic rings. The number of carboxylic acid groups (broad SMARTS) is 1. The molecule has 13 nitrogen and oxygen atoms in total. The lowest BCUT2D eigenvalue weighted by atomic mass is 9.99. The molecule has 226 valence electrons. The minimum Gasteiger partial charge on any atom is -0.480 e. The number of rotatable bonds is 16. The maximum absolute atomic E-state index is 13.5. The number of H-pyrrole nitrogens is 1. The van der Waals surface area contributed by atoms with Gasteiger partial charge in [-0.3, -0.25) is 19.4 Å². The van der Waals surface area contributed by atoms with Crippen LogP contribution in [0.4, 0.5) is 0 Å². The highest BCUT2D eigenvalue weighted by atomic mass is 16.4. The van der Waals surface area contributed by atoms with Crippen LogP contribution in [-0.4, -0.2) is 70.5 Å². The lowest BCUT2D eigenvalue weighted by Gasteiger charge is -2.27. The average Bonchev–Trinajstić information content (AvgIpc) is 3.30. The predicted octanol–water partition coefficient (Wildman–Crippen LogP) is 0.332. The molecule has 0 aliphatic heterocycles. The molecule has 4 atom stereocenters. The number of hydrogen-bond donors (Lipinski definition) is 8. The molecule has 0 fully saturated rings. The Morgan fingerprint density at radius 2 is 1.61 bits per heavy atom. The number of carboxylic acids is 1. The van der Waals surface area contributed by atoms with Gasteiger partial charge < -0.3 is 43.2 Å². The highest BCUT2D eigenvalue weighted by Crippen LogP contribution is 2.20. The van der Waals surface area contributed by atoms with Gasteiger partial charge in [-0.05, 0) is 42.7 Å². The molecule has 11 N–H and O–H groups in total. The molecule has 2 aromatic rings. The number of para-hydroxylation sites is 1. The molecule has 0 saturated carbocycles. The average molecular weight is 573 g/mol. The Kier molecular flexibility index (Phi) is 12.6. The van der Waals surface area contributed by atoms with Crippen molar-refractivity contribution in [2.24, 2.45) is 34.0 Å². The minimum absolute atomic E-state index is 0.0160. The molecule has 0 bridgehead atoms. The first kappa shape index (κ1) is 33.1. The summed E-state index contributed by atoms with van der Waals surface area (Å²) in [6.45, 7) is 7.54. The number of nitrogens with two attached hydrogens (primary N) is 3. The molecular weight excluding hydrogens is 528 g/mol. The minimum atomic E-state index is -1.16. The largest absolute Gasteiger partial charge is 0.480 e. The van der Waals surface area contributed by atoms with E-state index < -0.39 is 47.9 Å². The van der Waals surface area contributed by atoms with Crippen LogP contribution in [0.5, 0.6) is 0 Å². The van der Waals surface area contributed by atoms with Crippen LogP contribution in [0.25, 0.3) is 10.9 Å². The summed E-state index contributed by atoms with van der Waals surface area (Å²) in [6, 6.07) is 3.40. The third-order valence-electron chi connectivity index (χ3n) is 6.60. The molecule has 0 radical (unpaired) electrons. The monoisotopic (exact) mass is 572 g/mol. The third kappa shape index (κ3) is 10.4. The summed E-state index contributed by atoms with van der Waals surface area (Å²) in [4.78, 5) is 58.5. The lowest BCUT2D eigenvalue weighted by molar-refractivity contribution is -0.142. The van der Waals surface area contributed by atoms with Crippen LogP contribution in [0.1, 0.15) is 52.5 Å². The Balaban J connectivity index is 2.23. The van der Waals surface area contributed by atoms with Crippen LogP contribution in [0.3, 0.4) is 0 Å². The quantitative estimate of drug-likeness (QED) is 0.0791. The number of aromatic nitrogens is 1. The van der Waals surface area contributed by atoms with E-state index in [9.17, 15) is 24.3 Å². The molecule has 13 heteroatoms. The molecule has 3 amide bonds. The van der Waals surface area contributed by atoms with Crippen molar-refractivity contribution in [3.63, 3.8) is 0 Å². The van der Waals surface area contributed by atoms with Crippen LogP contribution < -0.4 is 33.2 Å². The fraction of sp³-hybridized carbons (Fsp3) is 0.536.